The third-order valence-electron chi connectivity index (χ3n) is 4.78. The van der Waals surface area contributed by atoms with Crippen LogP contribution in [-0.4, -0.2) is 33.2 Å². The summed E-state index contributed by atoms with van der Waals surface area (Å²) in [6.45, 7) is 5.53. The van der Waals surface area contributed by atoms with Crippen molar-refractivity contribution in [3.63, 3.8) is 0 Å². The number of Topliss-reactive ketones (excluding diaryl/α,β-unsaturated/α-hetero) is 1. The molecule has 1 N–H and O–H groups in total. The van der Waals surface area contributed by atoms with Crippen LogP contribution >= 0.6 is 0 Å². The van der Waals surface area contributed by atoms with Gasteiger partial charge in [0.25, 0.3) is 5.91 Å². The number of hydrogen-bond acceptors (Lipinski definition) is 4. The summed E-state index contributed by atoms with van der Waals surface area (Å²) >= 11 is 0. The number of pyridine rings is 1. The van der Waals surface area contributed by atoms with Crippen LogP contribution in [0.2, 0.25) is 0 Å². The Kier molecular flexibility index (Phi) is 5.31. The van der Waals surface area contributed by atoms with Gasteiger partial charge in [0, 0.05) is 24.4 Å². The van der Waals surface area contributed by atoms with E-state index < -0.39 is 23.1 Å². The maximum Gasteiger partial charge on any atom is 0.290 e. The number of rotatable bonds is 5. The second kappa shape index (κ2) is 7.54. The fourth-order valence-corrected chi connectivity index (χ4v) is 3.31. The molecule has 0 aliphatic carbocycles. The van der Waals surface area contributed by atoms with E-state index in [0.29, 0.717) is 12.0 Å². The second-order valence-electron chi connectivity index (χ2n) is 7.91. The summed E-state index contributed by atoms with van der Waals surface area (Å²) in [5, 5.41) is 10.5. The smallest absolute Gasteiger partial charge is 0.290 e. The third-order valence-corrected chi connectivity index (χ3v) is 4.78. The quantitative estimate of drug-likeness (QED) is 0.854. The summed E-state index contributed by atoms with van der Waals surface area (Å²) < 4.78 is 13.1. The van der Waals surface area contributed by atoms with Crippen molar-refractivity contribution in [2.45, 2.75) is 33.2 Å². The molecule has 1 aliphatic rings. The first-order chi connectivity index (χ1) is 13.2. The Hall–Kier alpha value is -3.02. The lowest BCUT2D eigenvalue weighted by molar-refractivity contribution is -0.129. The van der Waals surface area contributed by atoms with Gasteiger partial charge in [0.15, 0.2) is 11.5 Å². The molecule has 1 aromatic heterocycles. The Balaban J connectivity index is 1.96. The van der Waals surface area contributed by atoms with Gasteiger partial charge in [-0.25, -0.2) is 4.39 Å². The van der Waals surface area contributed by atoms with Gasteiger partial charge < -0.3 is 10.0 Å². The van der Waals surface area contributed by atoms with Crippen LogP contribution in [0.25, 0.3) is 0 Å². The third kappa shape index (κ3) is 3.81. The van der Waals surface area contributed by atoms with Crippen molar-refractivity contribution >= 4 is 11.7 Å². The van der Waals surface area contributed by atoms with Crippen molar-refractivity contribution in [1.82, 2.24) is 9.88 Å². The van der Waals surface area contributed by atoms with Gasteiger partial charge >= 0.3 is 0 Å². The first kappa shape index (κ1) is 19.7. The SMILES string of the molecule is CC(C)(C)C(=O)C1=C(O)C(=O)N(CCc2ccc(F)cc2)C1c1cccnc1. The van der Waals surface area contributed by atoms with E-state index >= 15 is 0 Å². The number of aliphatic hydroxyl groups excluding tert-OH is 1. The van der Waals surface area contributed by atoms with Crippen molar-refractivity contribution < 1.29 is 19.1 Å². The molecule has 0 saturated heterocycles. The van der Waals surface area contributed by atoms with Crippen molar-refractivity contribution in [2.24, 2.45) is 5.41 Å². The van der Waals surface area contributed by atoms with Gasteiger partial charge in [-0.15, -0.1) is 0 Å². The average molecular weight is 382 g/mol. The van der Waals surface area contributed by atoms with Crippen LogP contribution in [-0.2, 0) is 16.0 Å². The molecule has 1 atom stereocenters. The molecule has 28 heavy (non-hydrogen) atoms. The zero-order chi connectivity index (χ0) is 20.5. The lowest BCUT2D eigenvalue weighted by atomic mass is 9.82. The molecule has 1 unspecified atom stereocenters. The summed E-state index contributed by atoms with van der Waals surface area (Å²) in [6.07, 6.45) is 3.67. The van der Waals surface area contributed by atoms with Crippen LogP contribution in [0.1, 0.15) is 37.9 Å². The Morgan fingerprint density at radius 1 is 1.21 bits per heavy atom. The zero-order valence-corrected chi connectivity index (χ0v) is 16.1. The number of carbonyl (C=O) groups is 2. The molecular weight excluding hydrogens is 359 g/mol. The molecule has 146 valence electrons. The standard InChI is InChI=1S/C22H23FN2O3/c1-22(2,3)20(27)17-18(15-5-4-11-24-13-15)25(21(28)19(17)26)12-10-14-6-8-16(23)9-7-14/h4-9,11,13,18,26H,10,12H2,1-3H3. The molecular formula is C22H23FN2O3. The monoisotopic (exact) mass is 382 g/mol. The summed E-state index contributed by atoms with van der Waals surface area (Å²) in [6, 6.07) is 8.85. The minimum absolute atomic E-state index is 0.101. The molecule has 5 nitrogen and oxygen atoms in total. The Bertz CT molecular complexity index is 915. The van der Waals surface area contributed by atoms with Crippen LogP contribution in [0, 0.1) is 11.2 Å². The fraction of sp³-hybridized carbons (Fsp3) is 0.318. The number of aromatic nitrogens is 1. The van der Waals surface area contributed by atoms with Gasteiger partial charge in [-0.05, 0) is 35.7 Å². The number of halogens is 1. The lowest BCUT2D eigenvalue weighted by Gasteiger charge is -2.28. The maximum absolute atomic E-state index is 13.1. The highest BCUT2D eigenvalue weighted by Gasteiger charge is 2.45. The summed E-state index contributed by atoms with van der Waals surface area (Å²) in [7, 11) is 0. The molecule has 0 radical (unpaired) electrons. The molecule has 2 heterocycles. The Morgan fingerprint density at radius 2 is 1.89 bits per heavy atom. The van der Waals surface area contributed by atoms with E-state index in [1.165, 1.54) is 17.0 Å². The topological polar surface area (TPSA) is 70.5 Å². The average Bonchev–Trinajstić information content (AvgIpc) is 2.91. The highest BCUT2D eigenvalue weighted by Crippen LogP contribution is 2.40. The zero-order valence-electron chi connectivity index (χ0n) is 16.1. The number of hydrogen-bond donors (Lipinski definition) is 1. The Morgan fingerprint density at radius 3 is 2.46 bits per heavy atom. The second-order valence-corrected chi connectivity index (χ2v) is 7.91. The summed E-state index contributed by atoms with van der Waals surface area (Å²) in [5.41, 5.74) is 0.863. The number of amides is 1. The van der Waals surface area contributed by atoms with Gasteiger partial charge in [-0.2, -0.15) is 0 Å². The van der Waals surface area contributed by atoms with Gasteiger partial charge in [-0.3, -0.25) is 14.6 Å². The molecule has 1 amide bonds. The molecule has 6 heteroatoms. The maximum atomic E-state index is 13.1. The van der Waals surface area contributed by atoms with E-state index in [-0.39, 0.29) is 23.7 Å². The molecule has 0 fully saturated rings. The number of carbonyl (C=O) groups excluding carboxylic acids is 2. The van der Waals surface area contributed by atoms with Crippen LogP contribution in [0.15, 0.2) is 60.1 Å². The van der Waals surface area contributed by atoms with Crippen LogP contribution in [0.3, 0.4) is 0 Å². The molecule has 0 bridgehead atoms. The minimum Gasteiger partial charge on any atom is -0.503 e. The van der Waals surface area contributed by atoms with Gasteiger partial charge in [0.2, 0.25) is 0 Å². The van der Waals surface area contributed by atoms with Crippen molar-refractivity contribution in [3.8, 4) is 0 Å². The largest absolute Gasteiger partial charge is 0.503 e. The summed E-state index contributed by atoms with van der Waals surface area (Å²) in [5.74, 6) is -1.69. The van der Waals surface area contributed by atoms with E-state index in [1.54, 1.807) is 57.4 Å². The normalized spacial score (nSPS) is 17.4. The van der Waals surface area contributed by atoms with Crippen molar-refractivity contribution in [3.05, 3.63) is 77.1 Å². The van der Waals surface area contributed by atoms with Crippen LogP contribution in [0.4, 0.5) is 4.39 Å². The first-order valence-electron chi connectivity index (χ1n) is 9.13. The minimum atomic E-state index is -0.753. The molecule has 2 aromatic rings. The van der Waals surface area contributed by atoms with E-state index in [2.05, 4.69) is 4.98 Å². The van der Waals surface area contributed by atoms with Crippen molar-refractivity contribution in [1.29, 1.82) is 0 Å². The van der Waals surface area contributed by atoms with E-state index in [4.69, 9.17) is 0 Å². The number of ketones is 1. The number of benzene rings is 1. The molecule has 0 spiro atoms. The lowest BCUT2D eigenvalue weighted by Crippen LogP contribution is -2.34. The van der Waals surface area contributed by atoms with E-state index in [9.17, 15) is 19.1 Å². The molecule has 1 aromatic carbocycles. The van der Waals surface area contributed by atoms with Crippen molar-refractivity contribution in [2.75, 3.05) is 6.54 Å². The highest BCUT2D eigenvalue weighted by atomic mass is 19.1. The van der Waals surface area contributed by atoms with Crippen LogP contribution < -0.4 is 0 Å². The van der Waals surface area contributed by atoms with E-state index in [1.807, 2.05) is 0 Å². The van der Waals surface area contributed by atoms with Gasteiger partial charge in [0.05, 0.1) is 11.6 Å². The Labute approximate surface area is 163 Å². The summed E-state index contributed by atoms with van der Waals surface area (Å²) in [4.78, 5) is 31.4. The molecule has 0 saturated carbocycles. The first-order valence-corrected chi connectivity index (χ1v) is 9.13. The predicted molar refractivity (Wildman–Crippen MR) is 103 cm³/mol. The van der Waals surface area contributed by atoms with Gasteiger partial charge in [-0.1, -0.05) is 39.0 Å². The number of aliphatic hydroxyl groups is 1. The van der Waals surface area contributed by atoms with E-state index in [0.717, 1.165) is 5.56 Å². The predicted octanol–water partition coefficient (Wildman–Crippen LogP) is 3.77. The van der Waals surface area contributed by atoms with Gasteiger partial charge in [0.1, 0.15) is 5.82 Å². The highest BCUT2D eigenvalue weighted by molar-refractivity contribution is 6.10. The fourth-order valence-electron chi connectivity index (χ4n) is 3.31. The molecule has 1 aliphatic heterocycles. The molecule has 3 rings (SSSR count). The van der Waals surface area contributed by atoms with Crippen LogP contribution in [0.5, 0.6) is 0 Å². The number of nitrogens with zero attached hydrogens (tertiary/aromatic N) is 2.